The predicted molar refractivity (Wildman–Crippen MR) is 38.0 cm³/mol. The summed E-state index contributed by atoms with van der Waals surface area (Å²) in [5.41, 5.74) is 1.43. The van der Waals surface area contributed by atoms with Crippen LogP contribution < -0.4 is 0 Å². The molecule has 0 bridgehead atoms. The molecule has 0 saturated heterocycles. The van der Waals surface area contributed by atoms with Crippen molar-refractivity contribution in [1.82, 2.24) is 5.06 Å². The predicted octanol–water partition coefficient (Wildman–Crippen LogP) is 1.13. The first-order valence-corrected chi connectivity index (χ1v) is 3.44. The Labute approximate surface area is 61.1 Å². The molecular formula is C7H13NO2. The van der Waals surface area contributed by atoms with Crippen LogP contribution in [-0.2, 0) is 9.88 Å². The van der Waals surface area contributed by atoms with Gasteiger partial charge in [0.05, 0.1) is 7.11 Å². The van der Waals surface area contributed by atoms with Crippen molar-refractivity contribution in [3.05, 3.63) is 11.6 Å². The molecule has 0 unspecified atom stereocenters. The zero-order valence-corrected chi connectivity index (χ0v) is 6.46. The second kappa shape index (κ2) is 3.71. The molecule has 3 heteroatoms. The zero-order valence-electron chi connectivity index (χ0n) is 6.46. The van der Waals surface area contributed by atoms with Crippen LogP contribution in [-0.4, -0.2) is 25.3 Å². The molecule has 0 amide bonds. The lowest BCUT2D eigenvalue weighted by Gasteiger charge is -2.21. The van der Waals surface area contributed by atoms with Gasteiger partial charge in [0, 0.05) is 13.1 Å². The van der Waals surface area contributed by atoms with Crippen LogP contribution >= 0.6 is 0 Å². The summed E-state index contributed by atoms with van der Waals surface area (Å²) < 4.78 is 0. The average Bonchev–Trinajstić information content (AvgIpc) is 1.95. The molecule has 0 saturated carbocycles. The van der Waals surface area contributed by atoms with E-state index in [0.29, 0.717) is 0 Å². The normalized spacial score (nSPS) is 20.8. The number of hydrogen-bond acceptors (Lipinski definition) is 3. The van der Waals surface area contributed by atoms with Crippen LogP contribution in [0.25, 0.3) is 0 Å². The summed E-state index contributed by atoms with van der Waals surface area (Å²) in [4.78, 5) is 9.33. The van der Waals surface area contributed by atoms with E-state index < -0.39 is 0 Å². The van der Waals surface area contributed by atoms with Gasteiger partial charge in [-0.25, -0.2) is 4.89 Å². The van der Waals surface area contributed by atoms with E-state index >= 15 is 0 Å². The van der Waals surface area contributed by atoms with Crippen LogP contribution in [0.5, 0.6) is 0 Å². The van der Waals surface area contributed by atoms with E-state index in [1.165, 1.54) is 12.7 Å². The maximum absolute atomic E-state index is 4.82. The highest BCUT2D eigenvalue weighted by molar-refractivity contribution is 5.02. The minimum atomic E-state index is 0.833. The molecule has 1 aliphatic heterocycles. The minimum absolute atomic E-state index is 0.833. The van der Waals surface area contributed by atoms with Crippen molar-refractivity contribution in [2.24, 2.45) is 0 Å². The Morgan fingerprint density at radius 3 is 2.90 bits per heavy atom. The largest absolute Gasteiger partial charge is 0.221 e. The van der Waals surface area contributed by atoms with E-state index in [9.17, 15) is 0 Å². The molecule has 1 rings (SSSR count). The topological polar surface area (TPSA) is 21.7 Å². The molecule has 0 atom stereocenters. The lowest BCUT2D eigenvalue weighted by atomic mass is 10.1. The van der Waals surface area contributed by atoms with Crippen molar-refractivity contribution in [3.63, 3.8) is 0 Å². The average molecular weight is 143 g/mol. The van der Waals surface area contributed by atoms with Gasteiger partial charge in [-0.1, -0.05) is 11.6 Å². The molecule has 0 radical (unpaired) electrons. The summed E-state index contributed by atoms with van der Waals surface area (Å²) in [6.07, 6.45) is 3.21. The molecule has 0 N–H and O–H groups in total. The van der Waals surface area contributed by atoms with Crippen molar-refractivity contribution >= 4 is 0 Å². The third-order valence-corrected chi connectivity index (χ3v) is 1.58. The lowest BCUT2D eigenvalue weighted by molar-refractivity contribution is -0.410. The Morgan fingerprint density at radius 1 is 1.60 bits per heavy atom. The summed E-state index contributed by atoms with van der Waals surface area (Å²) in [6.45, 7) is 3.89. The summed E-state index contributed by atoms with van der Waals surface area (Å²) >= 11 is 0. The highest BCUT2D eigenvalue weighted by atomic mass is 17.3. The van der Waals surface area contributed by atoms with Gasteiger partial charge < -0.3 is 0 Å². The number of hydroxylamine groups is 2. The molecule has 0 spiro atoms. The van der Waals surface area contributed by atoms with Gasteiger partial charge in [-0.15, -0.1) is 4.99 Å². The Balaban J connectivity index is 2.27. The summed E-state index contributed by atoms with van der Waals surface area (Å²) in [6, 6.07) is 0. The highest BCUT2D eigenvalue weighted by Gasteiger charge is 2.08. The first-order valence-electron chi connectivity index (χ1n) is 3.44. The SMILES string of the molecule is COON1CC=C(C)CC1. The molecule has 1 heterocycles. The molecule has 58 valence electrons. The Morgan fingerprint density at radius 2 is 2.40 bits per heavy atom. The number of rotatable bonds is 2. The van der Waals surface area contributed by atoms with E-state index in [1.807, 2.05) is 0 Å². The Hall–Kier alpha value is -0.380. The van der Waals surface area contributed by atoms with Gasteiger partial charge >= 0.3 is 0 Å². The van der Waals surface area contributed by atoms with Crippen molar-refractivity contribution in [1.29, 1.82) is 0 Å². The van der Waals surface area contributed by atoms with Gasteiger partial charge in [0.25, 0.3) is 0 Å². The second-order valence-corrected chi connectivity index (χ2v) is 2.43. The minimum Gasteiger partial charge on any atom is -0.221 e. The maximum Gasteiger partial charge on any atom is 0.0733 e. The fraction of sp³-hybridized carbons (Fsp3) is 0.714. The molecule has 0 aliphatic carbocycles. The first-order chi connectivity index (χ1) is 4.83. The Kier molecular flexibility index (Phi) is 2.86. The van der Waals surface area contributed by atoms with Gasteiger partial charge in [-0.3, -0.25) is 0 Å². The highest BCUT2D eigenvalue weighted by Crippen LogP contribution is 2.08. The smallest absolute Gasteiger partial charge is 0.0733 e. The van der Waals surface area contributed by atoms with Gasteiger partial charge in [0.15, 0.2) is 0 Å². The Bertz CT molecular complexity index is 134. The van der Waals surface area contributed by atoms with E-state index in [-0.39, 0.29) is 0 Å². The third kappa shape index (κ3) is 2.10. The van der Waals surface area contributed by atoms with Crippen molar-refractivity contribution < 1.29 is 9.88 Å². The third-order valence-electron chi connectivity index (χ3n) is 1.58. The fourth-order valence-electron chi connectivity index (χ4n) is 0.925. The molecule has 3 nitrogen and oxygen atoms in total. The fourth-order valence-corrected chi connectivity index (χ4v) is 0.925. The van der Waals surface area contributed by atoms with Crippen LogP contribution in [0.3, 0.4) is 0 Å². The molecule has 0 fully saturated rings. The molecule has 0 aromatic heterocycles. The van der Waals surface area contributed by atoms with Gasteiger partial charge in [-0.05, 0) is 13.3 Å². The summed E-state index contributed by atoms with van der Waals surface area (Å²) in [7, 11) is 1.52. The van der Waals surface area contributed by atoms with Crippen LogP contribution in [0.4, 0.5) is 0 Å². The van der Waals surface area contributed by atoms with Crippen molar-refractivity contribution in [2.75, 3.05) is 20.2 Å². The second-order valence-electron chi connectivity index (χ2n) is 2.43. The monoisotopic (exact) mass is 143 g/mol. The van der Waals surface area contributed by atoms with Crippen LogP contribution in [0.1, 0.15) is 13.3 Å². The molecule has 10 heavy (non-hydrogen) atoms. The van der Waals surface area contributed by atoms with Crippen LogP contribution in [0, 0.1) is 0 Å². The lowest BCUT2D eigenvalue weighted by Crippen LogP contribution is -2.28. The standard InChI is InChI=1S/C7H13NO2/c1-7-3-5-8(6-4-7)10-9-2/h3H,4-6H2,1-2H3. The van der Waals surface area contributed by atoms with Crippen molar-refractivity contribution in [3.8, 4) is 0 Å². The van der Waals surface area contributed by atoms with E-state index in [4.69, 9.17) is 4.99 Å². The van der Waals surface area contributed by atoms with Crippen molar-refractivity contribution in [2.45, 2.75) is 13.3 Å². The van der Waals surface area contributed by atoms with E-state index in [2.05, 4.69) is 17.9 Å². The number of hydrogen-bond donors (Lipinski definition) is 0. The summed E-state index contributed by atoms with van der Waals surface area (Å²) in [5.74, 6) is 0. The molecule has 0 aromatic rings. The maximum atomic E-state index is 4.82. The van der Waals surface area contributed by atoms with Gasteiger partial charge in [0.2, 0.25) is 0 Å². The van der Waals surface area contributed by atoms with Crippen LogP contribution in [0.15, 0.2) is 11.6 Å². The molecule has 0 aromatic carbocycles. The van der Waals surface area contributed by atoms with Gasteiger partial charge in [0.1, 0.15) is 0 Å². The summed E-state index contributed by atoms with van der Waals surface area (Å²) in [5, 5.41) is 1.78. The first kappa shape index (κ1) is 7.72. The number of nitrogens with zero attached hydrogens (tertiary/aromatic N) is 1. The van der Waals surface area contributed by atoms with E-state index in [1.54, 1.807) is 5.06 Å². The molecular weight excluding hydrogens is 130 g/mol. The van der Waals surface area contributed by atoms with E-state index in [0.717, 1.165) is 19.5 Å². The van der Waals surface area contributed by atoms with Gasteiger partial charge in [-0.2, -0.15) is 5.06 Å². The quantitative estimate of drug-likeness (QED) is 0.328. The molecule has 1 aliphatic rings. The van der Waals surface area contributed by atoms with Crippen LogP contribution in [0.2, 0.25) is 0 Å². The zero-order chi connectivity index (χ0) is 7.40.